The maximum Gasteiger partial charge on any atom is 0.254 e. The van der Waals surface area contributed by atoms with Crippen LogP contribution in [-0.2, 0) is 11.3 Å². The van der Waals surface area contributed by atoms with Gasteiger partial charge in [-0.15, -0.1) is 0 Å². The molecule has 5 rings (SSSR count). The second kappa shape index (κ2) is 10.0. The predicted molar refractivity (Wildman–Crippen MR) is 155 cm³/mol. The number of hydrogen-bond donors (Lipinski definition) is 2. The molecule has 0 radical (unpaired) electrons. The highest BCUT2D eigenvalue weighted by molar-refractivity contribution is 6.07. The summed E-state index contributed by atoms with van der Waals surface area (Å²) in [5, 5.41) is 12.0. The lowest BCUT2D eigenvalue weighted by Crippen LogP contribution is -2.53. The van der Waals surface area contributed by atoms with E-state index in [1.54, 1.807) is 13.1 Å². The van der Waals surface area contributed by atoms with Crippen molar-refractivity contribution in [3.8, 4) is 0 Å². The molecule has 2 aromatic heterocycles. The number of amides is 2. The van der Waals surface area contributed by atoms with Crippen molar-refractivity contribution in [2.24, 2.45) is 10.9 Å². The van der Waals surface area contributed by atoms with Crippen LogP contribution in [0.4, 0.5) is 0 Å². The Hall–Kier alpha value is -3.91. The van der Waals surface area contributed by atoms with Crippen LogP contribution < -0.4 is 10.6 Å². The molecule has 4 heterocycles. The van der Waals surface area contributed by atoms with E-state index in [1.165, 1.54) is 0 Å². The fraction of sp³-hybridized carbons (Fsp3) is 0.387. The average Bonchev–Trinajstić information content (AvgIpc) is 3.24. The molecule has 2 aliphatic heterocycles. The number of fused-ring (bicyclic) bond motifs is 1. The molecule has 8 heteroatoms. The van der Waals surface area contributed by atoms with Gasteiger partial charge in [0.1, 0.15) is 0 Å². The number of nitrogens with one attached hydrogen (secondary N) is 2. The Bertz CT molecular complexity index is 1540. The predicted octanol–water partition coefficient (Wildman–Crippen LogP) is 4.71. The van der Waals surface area contributed by atoms with Gasteiger partial charge in [-0.25, -0.2) is 14.7 Å². The van der Waals surface area contributed by atoms with E-state index in [9.17, 15) is 9.59 Å². The van der Waals surface area contributed by atoms with Crippen LogP contribution in [0.5, 0.6) is 0 Å². The number of aromatic nitrogens is 3. The van der Waals surface area contributed by atoms with Crippen molar-refractivity contribution in [1.29, 1.82) is 0 Å². The molecule has 0 saturated carbocycles. The second-order valence-electron chi connectivity index (χ2n) is 11.9. The van der Waals surface area contributed by atoms with Crippen LogP contribution in [0.1, 0.15) is 69.6 Å². The first kappa shape index (κ1) is 26.7. The van der Waals surface area contributed by atoms with Crippen LogP contribution in [0.25, 0.3) is 16.6 Å². The molecule has 0 aliphatic carbocycles. The van der Waals surface area contributed by atoms with Gasteiger partial charge in [0.25, 0.3) is 11.8 Å². The van der Waals surface area contributed by atoms with Crippen LogP contribution in [0.3, 0.4) is 0 Å². The zero-order valence-electron chi connectivity index (χ0n) is 23.5. The van der Waals surface area contributed by atoms with E-state index in [-0.39, 0.29) is 29.4 Å². The number of nitrogens with zero attached hydrogens (tertiary/aromatic N) is 4. The number of dihydropyridines is 1. The van der Waals surface area contributed by atoms with E-state index >= 15 is 0 Å². The number of hydrogen-bond acceptors (Lipinski definition) is 5. The van der Waals surface area contributed by atoms with Gasteiger partial charge in [0.05, 0.1) is 35.3 Å². The maximum atomic E-state index is 13.7. The number of carbonyl (C=O) groups excluding carboxylic acids is 2. The summed E-state index contributed by atoms with van der Waals surface area (Å²) in [6, 6.07) is 11.9. The van der Waals surface area contributed by atoms with E-state index in [2.05, 4.69) is 54.5 Å². The zero-order chi connectivity index (χ0) is 27.9. The zero-order valence-corrected chi connectivity index (χ0v) is 23.5. The largest absolute Gasteiger partial charge is 0.351 e. The molecule has 0 bridgehead atoms. The van der Waals surface area contributed by atoms with Crippen LogP contribution in [0.15, 0.2) is 65.3 Å². The third-order valence-electron chi connectivity index (χ3n) is 7.22. The van der Waals surface area contributed by atoms with Gasteiger partial charge in [-0.3, -0.25) is 9.59 Å². The monoisotopic (exact) mass is 524 g/mol. The molecule has 2 amide bonds. The number of rotatable bonds is 6. The minimum Gasteiger partial charge on any atom is -0.351 e. The maximum absolute atomic E-state index is 13.7. The van der Waals surface area contributed by atoms with Crippen molar-refractivity contribution in [1.82, 2.24) is 25.4 Å². The summed E-state index contributed by atoms with van der Waals surface area (Å²) in [4.78, 5) is 35.3. The molecule has 0 fully saturated rings. The lowest BCUT2D eigenvalue weighted by atomic mass is 9.82. The second-order valence-corrected chi connectivity index (χ2v) is 11.9. The van der Waals surface area contributed by atoms with Gasteiger partial charge in [0, 0.05) is 23.3 Å². The summed E-state index contributed by atoms with van der Waals surface area (Å²) in [5.41, 5.74) is 5.30. The van der Waals surface area contributed by atoms with Crippen molar-refractivity contribution in [2.45, 2.75) is 65.6 Å². The summed E-state index contributed by atoms with van der Waals surface area (Å²) in [6.45, 7) is 13.1. The average molecular weight is 525 g/mol. The van der Waals surface area contributed by atoms with E-state index in [0.29, 0.717) is 28.9 Å². The van der Waals surface area contributed by atoms with Crippen LogP contribution in [0, 0.1) is 5.92 Å². The number of aliphatic imine (C=N–C) groups is 1. The summed E-state index contributed by atoms with van der Waals surface area (Å²) in [7, 11) is 0. The summed E-state index contributed by atoms with van der Waals surface area (Å²) in [5.74, 6) is -0.958. The Morgan fingerprint density at radius 2 is 1.90 bits per heavy atom. The molecule has 8 nitrogen and oxygen atoms in total. The number of allylic oxidation sites excluding steroid dienone is 1. The van der Waals surface area contributed by atoms with Crippen LogP contribution in [0.2, 0.25) is 0 Å². The molecule has 1 unspecified atom stereocenters. The van der Waals surface area contributed by atoms with Crippen LogP contribution in [-0.4, -0.2) is 49.9 Å². The minimum atomic E-state index is -0.469. The van der Waals surface area contributed by atoms with Crippen molar-refractivity contribution in [3.63, 3.8) is 0 Å². The number of pyridine rings is 1. The normalized spacial score (nSPS) is 20.3. The SMILES string of the molecule is CC1=CC(C)=NC(=O)C1CNC(=O)c1cc(C2=CC(C)(C)NC(C)(C)C2)nc2c1cnn2Cc1ccccc1. The van der Waals surface area contributed by atoms with Crippen LogP contribution >= 0.6 is 0 Å². The fourth-order valence-corrected chi connectivity index (χ4v) is 5.80. The first-order chi connectivity index (χ1) is 18.4. The molecule has 0 spiro atoms. The Morgan fingerprint density at radius 1 is 1.15 bits per heavy atom. The quantitative estimate of drug-likeness (QED) is 0.487. The molecule has 1 atom stereocenters. The first-order valence-corrected chi connectivity index (χ1v) is 13.4. The van der Waals surface area contributed by atoms with E-state index in [4.69, 9.17) is 4.98 Å². The number of benzene rings is 1. The molecule has 2 N–H and O–H groups in total. The topological polar surface area (TPSA) is 101 Å². The van der Waals surface area contributed by atoms with Crippen molar-refractivity contribution < 1.29 is 9.59 Å². The Balaban J connectivity index is 1.54. The molecule has 202 valence electrons. The molecule has 2 aliphatic rings. The van der Waals surface area contributed by atoms with Crippen molar-refractivity contribution >= 4 is 34.1 Å². The van der Waals surface area contributed by atoms with Gasteiger partial charge in [0.2, 0.25) is 0 Å². The van der Waals surface area contributed by atoms with Crippen molar-refractivity contribution in [3.05, 3.63) is 77.1 Å². The van der Waals surface area contributed by atoms with E-state index in [0.717, 1.165) is 28.8 Å². The molecular formula is C31H36N6O2. The molecule has 3 aromatic rings. The van der Waals surface area contributed by atoms with E-state index in [1.807, 2.05) is 54.1 Å². The lowest BCUT2D eigenvalue weighted by Gasteiger charge is -2.41. The standard InChI is InChI=1S/C31H36N6O2/c1-19-12-20(2)34-29(39)24(19)16-32-28(38)23-13-26(22-14-30(3,4)36-31(5,6)15-22)35-27-25(23)17-33-37(27)18-21-10-8-7-9-11-21/h7-14,17,24,36H,15-16,18H2,1-6H3,(H,32,38). The third kappa shape index (κ3) is 5.76. The fourth-order valence-electron chi connectivity index (χ4n) is 5.80. The Morgan fingerprint density at radius 3 is 2.59 bits per heavy atom. The Labute approximate surface area is 229 Å². The van der Waals surface area contributed by atoms with E-state index < -0.39 is 5.92 Å². The molecule has 0 saturated heterocycles. The van der Waals surface area contributed by atoms with Gasteiger partial charge >= 0.3 is 0 Å². The minimum absolute atomic E-state index is 0.138. The van der Waals surface area contributed by atoms with Gasteiger partial charge in [0.15, 0.2) is 5.65 Å². The van der Waals surface area contributed by atoms with Gasteiger partial charge in [-0.05, 0) is 71.2 Å². The van der Waals surface area contributed by atoms with Gasteiger partial charge < -0.3 is 10.6 Å². The molecule has 1 aromatic carbocycles. The highest BCUT2D eigenvalue weighted by atomic mass is 16.2. The summed E-state index contributed by atoms with van der Waals surface area (Å²) in [6.07, 6.45) is 6.56. The smallest absolute Gasteiger partial charge is 0.254 e. The molecular weight excluding hydrogens is 488 g/mol. The third-order valence-corrected chi connectivity index (χ3v) is 7.22. The number of carbonyl (C=O) groups is 2. The first-order valence-electron chi connectivity index (χ1n) is 13.4. The Kier molecular flexibility index (Phi) is 6.84. The van der Waals surface area contributed by atoms with Gasteiger partial charge in [-0.1, -0.05) is 42.0 Å². The summed E-state index contributed by atoms with van der Waals surface area (Å²) < 4.78 is 1.85. The highest BCUT2D eigenvalue weighted by Crippen LogP contribution is 2.34. The van der Waals surface area contributed by atoms with Gasteiger partial charge in [-0.2, -0.15) is 5.10 Å². The van der Waals surface area contributed by atoms with Crippen molar-refractivity contribution in [2.75, 3.05) is 6.54 Å². The molecule has 39 heavy (non-hydrogen) atoms. The highest BCUT2D eigenvalue weighted by Gasteiger charge is 2.33. The summed E-state index contributed by atoms with van der Waals surface area (Å²) >= 11 is 0. The lowest BCUT2D eigenvalue weighted by molar-refractivity contribution is -0.120.